The maximum Gasteiger partial charge on any atom is 0.294 e. The van der Waals surface area contributed by atoms with Gasteiger partial charge in [-0.2, -0.15) is 0 Å². The lowest BCUT2D eigenvalue weighted by atomic mass is 10.2. The van der Waals surface area contributed by atoms with E-state index < -0.39 is 17.1 Å². The fraction of sp³-hybridized carbons (Fsp3) is 0.312. The number of hydrogen-bond donors (Lipinski definition) is 2. The number of amides is 3. The maximum absolute atomic E-state index is 12.3. The molecule has 0 unspecified atom stereocenters. The van der Waals surface area contributed by atoms with E-state index in [-0.39, 0.29) is 18.1 Å². The van der Waals surface area contributed by atoms with Crippen LogP contribution in [0.25, 0.3) is 6.08 Å². The average Bonchev–Trinajstić information content (AvgIpc) is 2.83. The number of carbonyl (C=O) groups excluding carboxylic acids is 3. The van der Waals surface area contributed by atoms with Gasteiger partial charge < -0.3 is 15.2 Å². The molecule has 3 amide bonds. The number of rotatable bonds is 7. The summed E-state index contributed by atoms with van der Waals surface area (Å²) in [5.74, 6) is -0.358. The average molecular weight is 350 g/mol. The van der Waals surface area contributed by atoms with Crippen molar-refractivity contribution < 1.29 is 24.2 Å². The molecule has 0 saturated carbocycles. The number of thioether (sulfide) groups is 1. The smallest absolute Gasteiger partial charge is 0.294 e. The first-order chi connectivity index (χ1) is 11.6. The Hall–Kier alpha value is -2.32. The summed E-state index contributed by atoms with van der Waals surface area (Å²) in [7, 11) is 1.52. The quantitative estimate of drug-likeness (QED) is 0.567. The number of ether oxygens (including phenoxy) is 1. The zero-order valence-corrected chi connectivity index (χ0v) is 14.0. The number of aliphatic hydroxyl groups excluding tert-OH is 1. The van der Waals surface area contributed by atoms with E-state index in [1.165, 1.54) is 7.11 Å². The van der Waals surface area contributed by atoms with E-state index >= 15 is 0 Å². The molecule has 1 saturated heterocycles. The monoisotopic (exact) mass is 350 g/mol. The van der Waals surface area contributed by atoms with Gasteiger partial charge in [0.2, 0.25) is 5.91 Å². The lowest BCUT2D eigenvalue weighted by Gasteiger charge is -2.12. The molecule has 1 aromatic carbocycles. The van der Waals surface area contributed by atoms with E-state index in [1.807, 2.05) is 0 Å². The first-order valence-electron chi connectivity index (χ1n) is 7.32. The van der Waals surface area contributed by atoms with Crippen molar-refractivity contribution in [1.82, 2.24) is 10.2 Å². The third kappa shape index (κ3) is 4.36. The van der Waals surface area contributed by atoms with Crippen LogP contribution >= 0.6 is 11.8 Å². The highest BCUT2D eigenvalue weighted by molar-refractivity contribution is 8.18. The van der Waals surface area contributed by atoms with Gasteiger partial charge in [-0.25, -0.2) is 0 Å². The zero-order valence-electron chi connectivity index (χ0n) is 13.2. The summed E-state index contributed by atoms with van der Waals surface area (Å²) >= 11 is 0.789. The topological polar surface area (TPSA) is 95.9 Å². The molecular weight excluding hydrogens is 332 g/mol. The molecule has 1 heterocycles. The molecule has 0 atom stereocenters. The second-order valence-corrected chi connectivity index (χ2v) is 5.93. The van der Waals surface area contributed by atoms with Crippen LogP contribution in [0.4, 0.5) is 4.79 Å². The molecule has 0 radical (unpaired) electrons. The van der Waals surface area contributed by atoms with Gasteiger partial charge in [0, 0.05) is 18.7 Å². The van der Waals surface area contributed by atoms with Crippen LogP contribution in [0.5, 0.6) is 5.75 Å². The van der Waals surface area contributed by atoms with Crippen LogP contribution in [-0.2, 0) is 9.59 Å². The summed E-state index contributed by atoms with van der Waals surface area (Å²) in [5, 5.41) is 10.7. The van der Waals surface area contributed by atoms with Gasteiger partial charge >= 0.3 is 0 Å². The summed E-state index contributed by atoms with van der Waals surface area (Å²) in [6, 6.07) is 7.13. The maximum atomic E-state index is 12.3. The molecule has 0 aliphatic carbocycles. The first kappa shape index (κ1) is 18.0. The van der Waals surface area contributed by atoms with E-state index in [2.05, 4.69) is 5.32 Å². The number of nitrogens with one attached hydrogen (secondary N) is 1. The Morgan fingerprint density at radius 3 is 2.83 bits per heavy atom. The number of hydrogen-bond acceptors (Lipinski definition) is 6. The van der Waals surface area contributed by atoms with E-state index in [0.717, 1.165) is 16.7 Å². The van der Waals surface area contributed by atoms with Crippen molar-refractivity contribution in [2.75, 3.05) is 26.8 Å². The summed E-state index contributed by atoms with van der Waals surface area (Å²) in [4.78, 5) is 37.2. The molecule has 128 valence electrons. The summed E-state index contributed by atoms with van der Waals surface area (Å²) in [6.07, 6.45) is 1.99. The van der Waals surface area contributed by atoms with Gasteiger partial charge in [0.15, 0.2) is 0 Å². The number of carbonyl (C=O) groups is 3. The highest BCUT2D eigenvalue weighted by Gasteiger charge is 2.36. The molecule has 7 nitrogen and oxygen atoms in total. The van der Waals surface area contributed by atoms with Crippen LogP contribution < -0.4 is 10.1 Å². The lowest BCUT2D eigenvalue weighted by Crippen LogP contribution is -2.39. The Kier molecular flexibility index (Phi) is 6.39. The molecule has 1 aliphatic heterocycles. The van der Waals surface area contributed by atoms with Gasteiger partial charge in [0.1, 0.15) is 12.3 Å². The van der Waals surface area contributed by atoms with Crippen molar-refractivity contribution >= 4 is 34.9 Å². The number of benzene rings is 1. The largest absolute Gasteiger partial charge is 0.496 e. The number of methoxy groups -OCH3 is 1. The number of nitrogens with zero attached hydrogens (tertiary/aromatic N) is 1. The van der Waals surface area contributed by atoms with Crippen molar-refractivity contribution in [2.24, 2.45) is 0 Å². The normalized spacial score (nSPS) is 15.9. The van der Waals surface area contributed by atoms with Crippen molar-refractivity contribution in [1.29, 1.82) is 0 Å². The predicted octanol–water partition coefficient (Wildman–Crippen LogP) is 1.23. The fourth-order valence-corrected chi connectivity index (χ4v) is 2.90. The van der Waals surface area contributed by atoms with Crippen LogP contribution in [0.3, 0.4) is 0 Å². The minimum atomic E-state index is -0.506. The fourth-order valence-electron chi connectivity index (χ4n) is 2.07. The van der Waals surface area contributed by atoms with Gasteiger partial charge in [-0.1, -0.05) is 18.2 Å². The Morgan fingerprint density at radius 1 is 1.38 bits per heavy atom. The number of imide groups is 1. The van der Waals surface area contributed by atoms with Crippen molar-refractivity contribution in [3.63, 3.8) is 0 Å². The molecule has 0 spiro atoms. The van der Waals surface area contributed by atoms with Gasteiger partial charge in [-0.3, -0.25) is 19.3 Å². The van der Waals surface area contributed by atoms with E-state index in [9.17, 15) is 14.4 Å². The predicted molar refractivity (Wildman–Crippen MR) is 90.4 cm³/mol. The Bertz CT molecular complexity index is 674. The second kappa shape index (κ2) is 8.51. The Labute approximate surface area is 143 Å². The standard InChI is InChI=1S/C16H18N2O5S/c1-23-12-6-3-2-5-11(12)9-13-15(21)18(16(22)24-13)10-14(20)17-7-4-8-19/h2-3,5-6,9,19H,4,7-8,10H2,1H3,(H,17,20)/b13-9-. The highest BCUT2D eigenvalue weighted by atomic mass is 32.2. The zero-order chi connectivity index (χ0) is 17.5. The van der Waals surface area contributed by atoms with Crippen LogP contribution in [0, 0.1) is 0 Å². The van der Waals surface area contributed by atoms with Gasteiger partial charge in [-0.15, -0.1) is 0 Å². The first-order valence-corrected chi connectivity index (χ1v) is 8.14. The van der Waals surface area contributed by atoms with Crippen molar-refractivity contribution in [3.8, 4) is 5.75 Å². The molecule has 1 aromatic rings. The van der Waals surface area contributed by atoms with Crippen molar-refractivity contribution in [2.45, 2.75) is 6.42 Å². The van der Waals surface area contributed by atoms with Crippen molar-refractivity contribution in [3.05, 3.63) is 34.7 Å². The summed E-state index contributed by atoms with van der Waals surface area (Å²) in [6.45, 7) is -0.0779. The van der Waals surface area contributed by atoms with Crippen LogP contribution in [0.1, 0.15) is 12.0 Å². The molecule has 8 heteroatoms. The number of para-hydroxylation sites is 1. The Balaban J connectivity index is 2.08. The van der Waals surface area contributed by atoms with Crippen LogP contribution in [0.2, 0.25) is 0 Å². The molecular formula is C16H18N2O5S. The SMILES string of the molecule is COc1ccccc1/C=C1\SC(=O)N(CC(=O)NCCCO)C1=O. The minimum Gasteiger partial charge on any atom is -0.496 e. The minimum absolute atomic E-state index is 0.0382. The van der Waals surface area contributed by atoms with Gasteiger partial charge in [0.25, 0.3) is 11.1 Å². The van der Waals surface area contributed by atoms with E-state index in [0.29, 0.717) is 24.3 Å². The van der Waals surface area contributed by atoms with E-state index in [1.54, 1.807) is 30.3 Å². The van der Waals surface area contributed by atoms with Gasteiger partial charge in [0.05, 0.1) is 12.0 Å². The number of aliphatic hydroxyl groups is 1. The summed E-state index contributed by atoms with van der Waals surface area (Å²) in [5.41, 5.74) is 0.679. The highest BCUT2D eigenvalue weighted by Crippen LogP contribution is 2.33. The van der Waals surface area contributed by atoms with Gasteiger partial charge in [-0.05, 0) is 30.3 Å². The van der Waals surface area contributed by atoms with Crippen LogP contribution in [-0.4, -0.2) is 53.9 Å². The van der Waals surface area contributed by atoms with E-state index in [4.69, 9.17) is 9.84 Å². The Morgan fingerprint density at radius 2 is 2.12 bits per heavy atom. The molecule has 1 aliphatic rings. The molecule has 0 bridgehead atoms. The summed E-state index contributed by atoms with van der Waals surface area (Å²) < 4.78 is 5.22. The second-order valence-electron chi connectivity index (χ2n) is 4.94. The molecule has 0 aromatic heterocycles. The lowest BCUT2D eigenvalue weighted by molar-refractivity contribution is -0.129. The molecule has 2 N–H and O–H groups in total. The molecule has 24 heavy (non-hydrogen) atoms. The van der Waals surface area contributed by atoms with Crippen LogP contribution in [0.15, 0.2) is 29.2 Å². The molecule has 1 fully saturated rings. The third-order valence-corrected chi connectivity index (χ3v) is 4.17. The molecule has 2 rings (SSSR count). The third-order valence-electron chi connectivity index (χ3n) is 3.26.